The summed E-state index contributed by atoms with van der Waals surface area (Å²) in [5, 5.41) is 12.5. The van der Waals surface area contributed by atoms with E-state index in [2.05, 4.69) is 34.5 Å². The molecule has 4 N–H and O–H groups in total. The van der Waals surface area contributed by atoms with Crippen LogP contribution in [0.25, 0.3) is 0 Å². The first-order valence-corrected chi connectivity index (χ1v) is 8.47. The van der Waals surface area contributed by atoms with Crippen LogP contribution in [0.15, 0.2) is 24.3 Å². The molecule has 1 fully saturated rings. The normalized spacial score (nSPS) is 19.3. The molecule has 0 radical (unpaired) electrons. The Morgan fingerprint density at radius 1 is 1.26 bits per heavy atom. The average molecular weight is 319 g/mol. The minimum absolute atomic E-state index is 0.00375. The zero-order chi connectivity index (χ0) is 16.8. The molecule has 1 aliphatic rings. The van der Waals surface area contributed by atoms with Crippen molar-refractivity contribution in [3.05, 3.63) is 35.4 Å². The second-order valence-electron chi connectivity index (χ2n) is 6.69. The number of aliphatic hydroxyl groups excluding tert-OH is 1. The molecule has 5 heteroatoms. The standard InChI is InChI=1S/C18H29N3O2/c1-13(14(2)19)18(23)20-11-15-3-5-16(6-4-15)12-21-9-7-17(22)8-10-21/h3-6,13-14,17,22H,7-12,19H2,1-2H3,(H,20,23). The van der Waals surface area contributed by atoms with Crippen LogP contribution in [0, 0.1) is 5.92 Å². The molecule has 128 valence electrons. The molecule has 1 heterocycles. The van der Waals surface area contributed by atoms with E-state index in [1.54, 1.807) is 0 Å². The highest BCUT2D eigenvalue weighted by Crippen LogP contribution is 2.14. The number of rotatable bonds is 6. The van der Waals surface area contributed by atoms with Gasteiger partial charge in [0.05, 0.1) is 6.10 Å². The summed E-state index contributed by atoms with van der Waals surface area (Å²) in [6.45, 7) is 7.05. The van der Waals surface area contributed by atoms with Crippen molar-refractivity contribution in [2.24, 2.45) is 11.7 Å². The second kappa shape index (κ2) is 8.43. The molecule has 0 aromatic heterocycles. The first-order chi connectivity index (χ1) is 11.0. The quantitative estimate of drug-likeness (QED) is 0.737. The number of likely N-dealkylation sites (tertiary alicyclic amines) is 1. The van der Waals surface area contributed by atoms with Crippen molar-refractivity contribution in [1.82, 2.24) is 10.2 Å². The number of nitrogens with zero attached hydrogens (tertiary/aromatic N) is 1. The van der Waals surface area contributed by atoms with Gasteiger partial charge < -0.3 is 16.2 Å². The fourth-order valence-corrected chi connectivity index (χ4v) is 2.69. The summed E-state index contributed by atoms with van der Waals surface area (Å²) >= 11 is 0. The Bertz CT molecular complexity index is 493. The number of carbonyl (C=O) groups is 1. The maximum absolute atomic E-state index is 11.9. The molecule has 1 aromatic carbocycles. The number of piperidine rings is 1. The number of benzene rings is 1. The summed E-state index contributed by atoms with van der Waals surface area (Å²) in [5.74, 6) is -0.181. The molecule has 1 amide bonds. The van der Waals surface area contributed by atoms with Gasteiger partial charge in [-0.2, -0.15) is 0 Å². The molecule has 2 atom stereocenters. The van der Waals surface area contributed by atoms with E-state index in [9.17, 15) is 9.90 Å². The Morgan fingerprint density at radius 3 is 2.39 bits per heavy atom. The number of carbonyl (C=O) groups excluding carboxylic acids is 1. The molecule has 2 rings (SSSR count). The van der Waals surface area contributed by atoms with Gasteiger partial charge in [0.1, 0.15) is 0 Å². The van der Waals surface area contributed by atoms with Gasteiger partial charge in [-0.3, -0.25) is 9.69 Å². The number of nitrogens with two attached hydrogens (primary N) is 1. The van der Waals surface area contributed by atoms with Gasteiger partial charge in [-0.15, -0.1) is 0 Å². The molecule has 0 aliphatic carbocycles. The largest absolute Gasteiger partial charge is 0.393 e. The predicted molar refractivity (Wildman–Crippen MR) is 91.6 cm³/mol. The van der Waals surface area contributed by atoms with Crippen molar-refractivity contribution in [2.45, 2.75) is 51.9 Å². The lowest BCUT2D eigenvalue weighted by molar-refractivity contribution is -0.125. The maximum Gasteiger partial charge on any atom is 0.224 e. The predicted octanol–water partition coefficient (Wildman–Crippen LogP) is 1.24. The Morgan fingerprint density at radius 2 is 1.83 bits per heavy atom. The van der Waals surface area contributed by atoms with E-state index < -0.39 is 0 Å². The van der Waals surface area contributed by atoms with Crippen LogP contribution in [-0.4, -0.2) is 41.1 Å². The van der Waals surface area contributed by atoms with Crippen LogP contribution < -0.4 is 11.1 Å². The van der Waals surface area contributed by atoms with Crippen molar-refractivity contribution in [2.75, 3.05) is 13.1 Å². The van der Waals surface area contributed by atoms with E-state index in [0.717, 1.165) is 38.0 Å². The minimum atomic E-state index is -0.177. The summed E-state index contributed by atoms with van der Waals surface area (Å²) in [4.78, 5) is 14.3. The Balaban J connectivity index is 1.79. The van der Waals surface area contributed by atoms with E-state index in [0.29, 0.717) is 6.54 Å². The lowest BCUT2D eigenvalue weighted by atomic mass is 10.0. The first-order valence-electron chi connectivity index (χ1n) is 8.47. The molecule has 0 saturated carbocycles. The molecule has 5 nitrogen and oxygen atoms in total. The molecule has 1 saturated heterocycles. The summed E-state index contributed by atoms with van der Waals surface area (Å²) in [5.41, 5.74) is 8.10. The first kappa shape index (κ1) is 17.9. The molecule has 0 bridgehead atoms. The van der Waals surface area contributed by atoms with Gasteiger partial charge in [0.15, 0.2) is 0 Å². The third kappa shape index (κ3) is 5.61. The van der Waals surface area contributed by atoms with Gasteiger partial charge >= 0.3 is 0 Å². The molecular weight excluding hydrogens is 290 g/mol. The number of hydrogen-bond acceptors (Lipinski definition) is 4. The monoisotopic (exact) mass is 319 g/mol. The Kier molecular flexibility index (Phi) is 6.57. The average Bonchev–Trinajstić information content (AvgIpc) is 2.55. The molecule has 1 aromatic rings. The lowest BCUT2D eigenvalue weighted by Gasteiger charge is -2.29. The van der Waals surface area contributed by atoms with Crippen molar-refractivity contribution in [3.8, 4) is 0 Å². The molecule has 2 unspecified atom stereocenters. The summed E-state index contributed by atoms with van der Waals surface area (Å²) < 4.78 is 0. The van der Waals surface area contributed by atoms with Crippen LogP contribution >= 0.6 is 0 Å². The number of amides is 1. The zero-order valence-electron chi connectivity index (χ0n) is 14.2. The van der Waals surface area contributed by atoms with E-state index in [4.69, 9.17) is 5.73 Å². The van der Waals surface area contributed by atoms with Crippen LogP contribution in [0.4, 0.5) is 0 Å². The molecule has 23 heavy (non-hydrogen) atoms. The van der Waals surface area contributed by atoms with Gasteiger partial charge in [0, 0.05) is 38.1 Å². The zero-order valence-corrected chi connectivity index (χ0v) is 14.2. The van der Waals surface area contributed by atoms with Gasteiger partial charge in [0.2, 0.25) is 5.91 Å². The van der Waals surface area contributed by atoms with E-state index in [1.807, 2.05) is 13.8 Å². The van der Waals surface area contributed by atoms with Crippen molar-refractivity contribution < 1.29 is 9.90 Å². The van der Waals surface area contributed by atoms with Gasteiger partial charge in [0.25, 0.3) is 0 Å². The highest BCUT2D eigenvalue weighted by atomic mass is 16.3. The van der Waals surface area contributed by atoms with Crippen molar-refractivity contribution in [1.29, 1.82) is 0 Å². The van der Waals surface area contributed by atoms with Crippen LogP contribution in [0.1, 0.15) is 37.8 Å². The smallest absolute Gasteiger partial charge is 0.224 e. The number of nitrogens with one attached hydrogen (secondary N) is 1. The van der Waals surface area contributed by atoms with Crippen LogP contribution in [0.3, 0.4) is 0 Å². The maximum atomic E-state index is 11.9. The third-order valence-corrected chi connectivity index (χ3v) is 4.66. The lowest BCUT2D eigenvalue weighted by Crippen LogP contribution is -2.38. The summed E-state index contributed by atoms with van der Waals surface area (Å²) in [7, 11) is 0. The second-order valence-corrected chi connectivity index (χ2v) is 6.69. The van der Waals surface area contributed by atoms with E-state index in [-0.39, 0.29) is 24.0 Å². The molecular formula is C18H29N3O2. The van der Waals surface area contributed by atoms with Gasteiger partial charge in [-0.1, -0.05) is 31.2 Å². The third-order valence-electron chi connectivity index (χ3n) is 4.66. The Hall–Kier alpha value is -1.43. The summed E-state index contributed by atoms with van der Waals surface area (Å²) in [6, 6.07) is 8.21. The number of aliphatic hydroxyl groups is 1. The van der Waals surface area contributed by atoms with Crippen LogP contribution in [0.5, 0.6) is 0 Å². The summed E-state index contributed by atoms with van der Waals surface area (Å²) in [6.07, 6.45) is 1.60. The molecule has 1 aliphatic heterocycles. The topological polar surface area (TPSA) is 78.6 Å². The number of hydrogen-bond donors (Lipinski definition) is 3. The minimum Gasteiger partial charge on any atom is -0.393 e. The van der Waals surface area contributed by atoms with E-state index in [1.165, 1.54) is 5.56 Å². The van der Waals surface area contributed by atoms with Crippen molar-refractivity contribution >= 4 is 5.91 Å². The Labute approximate surface area is 138 Å². The van der Waals surface area contributed by atoms with Gasteiger partial charge in [-0.25, -0.2) is 0 Å². The van der Waals surface area contributed by atoms with Crippen LogP contribution in [-0.2, 0) is 17.9 Å². The van der Waals surface area contributed by atoms with Gasteiger partial charge in [-0.05, 0) is 30.9 Å². The highest BCUT2D eigenvalue weighted by Gasteiger charge is 2.17. The highest BCUT2D eigenvalue weighted by molar-refractivity contribution is 5.78. The molecule has 0 spiro atoms. The fraction of sp³-hybridized carbons (Fsp3) is 0.611. The van der Waals surface area contributed by atoms with Crippen molar-refractivity contribution in [3.63, 3.8) is 0 Å². The SMILES string of the molecule is CC(N)C(C)C(=O)NCc1ccc(CN2CCC(O)CC2)cc1. The van der Waals surface area contributed by atoms with E-state index >= 15 is 0 Å². The fourth-order valence-electron chi connectivity index (χ4n) is 2.69. The van der Waals surface area contributed by atoms with Crippen LogP contribution in [0.2, 0.25) is 0 Å².